The van der Waals surface area contributed by atoms with Crippen LogP contribution in [0.4, 0.5) is 0 Å². The van der Waals surface area contributed by atoms with Crippen molar-refractivity contribution >= 4 is 11.6 Å². The van der Waals surface area contributed by atoms with E-state index in [1.54, 1.807) is 0 Å². The number of hydrogen-bond donors (Lipinski definition) is 1. The number of nitrogens with zero attached hydrogens (tertiary/aromatic N) is 2. The van der Waals surface area contributed by atoms with Gasteiger partial charge in [-0.3, -0.25) is 0 Å². The first-order chi connectivity index (χ1) is 8.22. The van der Waals surface area contributed by atoms with Gasteiger partial charge in [-0.2, -0.15) is 0 Å². The molecule has 0 radical (unpaired) electrons. The lowest BCUT2D eigenvalue weighted by Gasteiger charge is -2.16. The molecule has 4 heteroatoms. The number of rotatable bonds is 3. The molecule has 1 aromatic carbocycles. The highest BCUT2D eigenvalue weighted by Gasteiger charge is 2.16. The normalized spacial score (nSPS) is 12.4. The molecule has 0 aliphatic carbocycles. The van der Waals surface area contributed by atoms with Crippen molar-refractivity contribution in [2.24, 2.45) is 0 Å². The van der Waals surface area contributed by atoms with Crippen LogP contribution in [-0.2, 0) is 0 Å². The third kappa shape index (κ3) is 2.62. The second-order valence-electron chi connectivity index (χ2n) is 3.86. The van der Waals surface area contributed by atoms with Gasteiger partial charge in [-0.1, -0.05) is 29.8 Å². The monoisotopic (exact) mass is 247 g/mol. The van der Waals surface area contributed by atoms with Crippen molar-refractivity contribution < 1.29 is 0 Å². The summed E-state index contributed by atoms with van der Waals surface area (Å²) in [6.45, 7) is 1.97. The van der Waals surface area contributed by atoms with E-state index in [4.69, 9.17) is 11.6 Å². The van der Waals surface area contributed by atoms with Gasteiger partial charge in [-0.15, -0.1) is 0 Å². The fourth-order valence-corrected chi connectivity index (χ4v) is 1.93. The molecule has 17 heavy (non-hydrogen) atoms. The minimum absolute atomic E-state index is 0.0794. The number of halogens is 1. The summed E-state index contributed by atoms with van der Waals surface area (Å²) < 4.78 is 0. The molecule has 1 atom stereocenters. The van der Waals surface area contributed by atoms with Crippen LogP contribution in [0.5, 0.6) is 0 Å². The van der Waals surface area contributed by atoms with Crippen molar-refractivity contribution in [1.82, 2.24) is 15.3 Å². The molecule has 0 bridgehead atoms. The van der Waals surface area contributed by atoms with E-state index in [1.165, 1.54) is 0 Å². The molecule has 1 heterocycles. The molecule has 0 amide bonds. The highest BCUT2D eigenvalue weighted by molar-refractivity contribution is 6.31. The Labute approximate surface area is 106 Å². The zero-order chi connectivity index (χ0) is 12.3. The van der Waals surface area contributed by atoms with Crippen LogP contribution in [0.1, 0.15) is 23.0 Å². The number of benzene rings is 1. The first-order valence-corrected chi connectivity index (χ1v) is 5.80. The maximum Gasteiger partial charge on any atom is 0.149 e. The molecular formula is C13H14ClN3. The fourth-order valence-electron chi connectivity index (χ4n) is 1.68. The van der Waals surface area contributed by atoms with Gasteiger partial charge in [0, 0.05) is 17.4 Å². The second-order valence-corrected chi connectivity index (χ2v) is 4.27. The minimum Gasteiger partial charge on any atom is -0.307 e. The molecule has 1 N–H and O–H groups in total. The Bertz CT molecular complexity index is 496. The van der Waals surface area contributed by atoms with Crippen LogP contribution in [0.25, 0.3) is 0 Å². The van der Waals surface area contributed by atoms with E-state index < -0.39 is 0 Å². The highest BCUT2D eigenvalue weighted by atomic mass is 35.5. The van der Waals surface area contributed by atoms with E-state index in [-0.39, 0.29) is 6.04 Å². The van der Waals surface area contributed by atoms with Gasteiger partial charge < -0.3 is 5.32 Å². The van der Waals surface area contributed by atoms with Gasteiger partial charge in [0.2, 0.25) is 0 Å². The predicted octanol–water partition coefficient (Wildman–Crippen LogP) is 2.75. The third-order valence-electron chi connectivity index (χ3n) is 2.56. The third-order valence-corrected chi connectivity index (χ3v) is 2.91. The molecule has 0 saturated heterocycles. The smallest absolute Gasteiger partial charge is 0.149 e. The van der Waals surface area contributed by atoms with Crippen molar-refractivity contribution in [2.45, 2.75) is 13.0 Å². The van der Waals surface area contributed by atoms with E-state index in [2.05, 4.69) is 15.3 Å². The van der Waals surface area contributed by atoms with Crippen LogP contribution >= 0.6 is 11.6 Å². The largest absolute Gasteiger partial charge is 0.307 e. The Morgan fingerprint density at radius 3 is 2.41 bits per heavy atom. The maximum absolute atomic E-state index is 6.18. The van der Waals surface area contributed by atoms with Crippen molar-refractivity contribution in [2.75, 3.05) is 7.05 Å². The summed E-state index contributed by atoms with van der Waals surface area (Å²) in [6.07, 6.45) is 3.62. The molecule has 0 aliphatic heterocycles. The van der Waals surface area contributed by atoms with Gasteiger partial charge >= 0.3 is 0 Å². The number of nitrogens with one attached hydrogen (secondary N) is 1. The van der Waals surface area contributed by atoms with Crippen LogP contribution in [0.15, 0.2) is 36.7 Å². The standard InChI is InChI=1S/C13H14ClN3/c1-9-7-16-13(17-8-9)12(15-2)10-5-3-4-6-11(10)14/h3-8,12,15H,1-2H3. The molecule has 0 fully saturated rings. The summed E-state index contributed by atoms with van der Waals surface area (Å²) >= 11 is 6.18. The van der Waals surface area contributed by atoms with Crippen LogP contribution in [-0.4, -0.2) is 17.0 Å². The first kappa shape index (κ1) is 12.0. The fraction of sp³-hybridized carbons (Fsp3) is 0.231. The molecule has 2 aromatic rings. The Balaban J connectivity index is 2.40. The Hall–Kier alpha value is -1.45. The van der Waals surface area contributed by atoms with Crippen molar-refractivity contribution in [3.63, 3.8) is 0 Å². The van der Waals surface area contributed by atoms with Gasteiger partial charge in [-0.25, -0.2) is 9.97 Å². The lowest BCUT2D eigenvalue weighted by molar-refractivity contribution is 0.645. The van der Waals surface area contributed by atoms with Crippen LogP contribution in [0.3, 0.4) is 0 Å². The molecule has 2 rings (SSSR count). The van der Waals surface area contributed by atoms with Crippen molar-refractivity contribution in [3.8, 4) is 0 Å². The lowest BCUT2D eigenvalue weighted by atomic mass is 10.1. The van der Waals surface area contributed by atoms with Crippen LogP contribution in [0, 0.1) is 6.92 Å². The number of hydrogen-bond acceptors (Lipinski definition) is 3. The summed E-state index contributed by atoms with van der Waals surface area (Å²) in [6, 6.07) is 7.64. The average molecular weight is 248 g/mol. The summed E-state index contributed by atoms with van der Waals surface area (Å²) in [5, 5.41) is 3.90. The molecule has 0 spiro atoms. The quantitative estimate of drug-likeness (QED) is 0.906. The molecule has 88 valence electrons. The molecule has 0 aliphatic rings. The van der Waals surface area contributed by atoms with Crippen molar-refractivity contribution in [3.05, 3.63) is 58.6 Å². The van der Waals surface area contributed by atoms with E-state index in [0.29, 0.717) is 0 Å². The second kappa shape index (κ2) is 5.25. The zero-order valence-corrected chi connectivity index (χ0v) is 10.6. The van der Waals surface area contributed by atoms with E-state index in [1.807, 2.05) is 50.6 Å². The molecule has 3 nitrogen and oxygen atoms in total. The zero-order valence-electron chi connectivity index (χ0n) is 9.81. The van der Waals surface area contributed by atoms with E-state index in [0.717, 1.165) is 22.0 Å². The Morgan fingerprint density at radius 1 is 1.18 bits per heavy atom. The SMILES string of the molecule is CNC(c1ncc(C)cn1)c1ccccc1Cl. The van der Waals surface area contributed by atoms with Gasteiger partial charge in [0.1, 0.15) is 5.82 Å². The summed E-state index contributed by atoms with van der Waals surface area (Å²) in [5.74, 6) is 0.728. The minimum atomic E-state index is -0.0794. The summed E-state index contributed by atoms with van der Waals surface area (Å²) in [4.78, 5) is 8.67. The molecule has 1 unspecified atom stereocenters. The predicted molar refractivity (Wildman–Crippen MR) is 69.1 cm³/mol. The maximum atomic E-state index is 6.18. The Morgan fingerprint density at radius 2 is 1.82 bits per heavy atom. The highest BCUT2D eigenvalue weighted by Crippen LogP contribution is 2.25. The van der Waals surface area contributed by atoms with Crippen LogP contribution < -0.4 is 5.32 Å². The van der Waals surface area contributed by atoms with Gasteiger partial charge in [-0.05, 0) is 31.2 Å². The summed E-state index contributed by atoms with van der Waals surface area (Å²) in [5.41, 5.74) is 2.03. The molecule has 0 saturated carbocycles. The number of aromatic nitrogens is 2. The topological polar surface area (TPSA) is 37.8 Å². The summed E-state index contributed by atoms with van der Waals surface area (Å²) in [7, 11) is 1.87. The van der Waals surface area contributed by atoms with E-state index in [9.17, 15) is 0 Å². The molecular weight excluding hydrogens is 234 g/mol. The van der Waals surface area contributed by atoms with Gasteiger partial charge in [0.15, 0.2) is 0 Å². The average Bonchev–Trinajstić information content (AvgIpc) is 2.35. The molecule has 1 aromatic heterocycles. The van der Waals surface area contributed by atoms with Crippen molar-refractivity contribution in [1.29, 1.82) is 0 Å². The van der Waals surface area contributed by atoms with Gasteiger partial charge in [0.25, 0.3) is 0 Å². The Kier molecular flexibility index (Phi) is 3.71. The van der Waals surface area contributed by atoms with Gasteiger partial charge in [0.05, 0.1) is 6.04 Å². The van der Waals surface area contributed by atoms with Crippen LogP contribution in [0.2, 0.25) is 5.02 Å². The number of aryl methyl sites for hydroxylation is 1. The van der Waals surface area contributed by atoms with E-state index >= 15 is 0 Å². The first-order valence-electron chi connectivity index (χ1n) is 5.42. The lowest BCUT2D eigenvalue weighted by Crippen LogP contribution is -2.20.